The van der Waals surface area contributed by atoms with Crippen LogP contribution < -0.4 is 15.0 Å². The molecule has 0 radical (unpaired) electrons. The van der Waals surface area contributed by atoms with Gasteiger partial charge in [-0.2, -0.15) is 0 Å². The van der Waals surface area contributed by atoms with Crippen LogP contribution in [0.1, 0.15) is 38.2 Å². The average Bonchev–Trinajstić information content (AvgIpc) is 3.19. The Balaban J connectivity index is 1.59. The van der Waals surface area contributed by atoms with Crippen LogP contribution in [-0.2, 0) is 16.4 Å². The van der Waals surface area contributed by atoms with E-state index >= 15 is 0 Å². The first-order valence-corrected chi connectivity index (χ1v) is 14.4. The Morgan fingerprint density at radius 2 is 1.92 bits per heavy atom. The summed E-state index contributed by atoms with van der Waals surface area (Å²) in [5, 5.41) is 4.64. The fraction of sp³-hybridized carbons (Fsp3) is 0.560. The second kappa shape index (κ2) is 11.7. The SMILES string of the molecule is CCCc1nc(C)c2c(=O)[nH]c(-c3cc(S(=O)(=O)NCCCN4CCN(C)CC4)ccc3OCC)nn12. The Labute approximate surface area is 217 Å². The number of hydrogen-bond acceptors (Lipinski definition) is 8. The zero-order valence-corrected chi connectivity index (χ0v) is 22.9. The molecule has 0 bridgehead atoms. The summed E-state index contributed by atoms with van der Waals surface area (Å²) in [4.78, 5) is 25.0. The first kappa shape index (κ1) is 27.2. The number of aromatic nitrogens is 4. The lowest BCUT2D eigenvalue weighted by atomic mass is 10.2. The summed E-state index contributed by atoms with van der Waals surface area (Å²) in [7, 11) is -1.66. The van der Waals surface area contributed by atoms with Crippen LogP contribution in [0.15, 0.2) is 27.9 Å². The average molecular weight is 532 g/mol. The molecule has 0 atom stereocenters. The number of fused-ring (bicyclic) bond motifs is 1. The molecule has 1 aliphatic rings. The number of piperazine rings is 1. The van der Waals surface area contributed by atoms with Crippen molar-refractivity contribution in [1.82, 2.24) is 34.1 Å². The monoisotopic (exact) mass is 531 g/mol. The lowest BCUT2D eigenvalue weighted by Crippen LogP contribution is -2.45. The van der Waals surface area contributed by atoms with Gasteiger partial charge in [0.1, 0.15) is 11.6 Å². The number of sulfonamides is 1. The first-order valence-electron chi connectivity index (χ1n) is 12.9. The minimum atomic E-state index is -3.77. The van der Waals surface area contributed by atoms with Gasteiger partial charge in [-0.25, -0.2) is 22.6 Å². The van der Waals surface area contributed by atoms with Crippen molar-refractivity contribution in [3.8, 4) is 17.1 Å². The third-order valence-electron chi connectivity index (χ3n) is 6.57. The molecule has 0 spiro atoms. The van der Waals surface area contributed by atoms with Crippen molar-refractivity contribution in [2.24, 2.45) is 0 Å². The highest BCUT2D eigenvalue weighted by molar-refractivity contribution is 7.89. The third-order valence-corrected chi connectivity index (χ3v) is 8.03. The summed E-state index contributed by atoms with van der Waals surface area (Å²) in [6, 6.07) is 4.62. The molecule has 0 saturated carbocycles. The summed E-state index contributed by atoms with van der Waals surface area (Å²) in [6.45, 7) is 11.3. The minimum Gasteiger partial charge on any atom is -0.493 e. The highest BCUT2D eigenvalue weighted by atomic mass is 32.2. The lowest BCUT2D eigenvalue weighted by Gasteiger charge is -2.32. The molecule has 12 heteroatoms. The van der Waals surface area contributed by atoms with Crippen molar-refractivity contribution in [2.75, 3.05) is 52.9 Å². The molecule has 0 unspecified atom stereocenters. The largest absolute Gasteiger partial charge is 0.493 e. The topological polar surface area (TPSA) is 125 Å². The number of aromatic amines is 1. The maximum absolute atomic E-state index is 13.1. The highest BCUT2D eigenvalue weighted by Crippen LogP contribution is 2.30. The number of likely N-dealkylation sites (N-methyl/N-ethyl adjacent to an activating group) is 1. The van der Waals surface area contributed by atoms with Gasteiger partial charge >= 0.3 is 0 Å². The van der Waals surface area contributed by atoms with E-state index in [1.807, 2.05) is 13.8 Å². The zero-order valence-electron chi connectivity index (χ0n) is 22.1. The van der Waals surface area contributed by atoms with Gasteiger partial charge in [0.15, 0.2) is 11.3 Å². The summed E-state index contributed by atoms with van der Waals surface area (Å²) in [5.41, 5.74) is 1.05. The summed E-state index contributed by atoms with van der Waals surface area (Å²) in [6.07, 6.45) is 2.23. The van der Waals surface area contributed by atoms with E-state index in [0.717, 1.165) is 45.6 Å². The van der Waals surface area contributed by atoms with Crippen LogP contribution >= 0.6 is 0 Å². The van der Waals surface area contributed by atoms with Crippen molar-refractivity contribution < 1.29 is 13.2 Å². The van der Waals surface area contributed by atoms with Gasteiger partial charge in [-0.3, -0.25) is 4.79 Å². The van der Waals surface area contributed by atoms with Crippen molar-refractivity contribution >= 4 is 15.5 Å². The quantitative estimate of drug-likeness (QED) is 0.358. The van der Waals surface area contributed by atoms with E-state index < -0.39 is 10.0 Å². The lowest BCUT2D eigenvalue weighted by molar-refractivity contribution is 0.153. The van der Waals surface area contributed by atoms with Crippen LogP contribution in [0.25, 0.3) is 16.9 Å². The van der Waals surface area contributed by atoms with Crippen LogP contribution in [0.3, 0.4) is 0 Å². The maximum Gasteiger partial charge on any atom is 0.277 e. The number of nitrogens with one attached hydrogen (secondary N) is 2. The molecular formula is C25H37N7O4S. The Kier molecular flexibility index (Phi) is 8.63. The molecule has 3 heterocycles. The number of H-pyrrole nitrogens is 1. The fourth-order valence-electron chi connectivity index (χ4n) is 4.55. The van der Waals surface area contributed by atoms with Gasteiger partial charge in [0.05, 0.1) is 22.8 Å². The van der Waals surface area contributed by atoms with Gasteiger partial charge in [0.25, 0.3) is 5.56 Å². The van der Waals surface area contributed by atoms with E-state index in [0.29, 0.717) is 47.9 Å². The van der Waals surface area contributed by atoms with Crippen LogP contribution in [-0.4, -0.2) is 90.7 Å². The molecule has 3 aromatic rings. The van der Waals surface area contributed by atoms with E-state index in [1.165, 1.54) is 12.1 Å². The number of nitrogens with zero attached hydrogens (tertiary/aromatic N) is 5. The Morgan fingerprint density at radius 3 is 2.62 bits per heavy atom. The predicted octanol–water partition coefficient (Wildman–Crippen LogP) is 1.66. The Bertz CT molecular complexity index is 1390. The molecule has 2 N–H and O–H groups in total. The van der Waals surface area contributed by atoms with Gasteiger partial charge in [-0.15, -0.1) is 5.10 Å². The second-order valence-corrected chi connectivity index (χ2v) is 11.2. The van der Waals surface area contributed by atoms with Crippen molar-refractivity contribution in [1.29, 1.82) is 0 Å². The standard InChI is InChI=1S/C25H37N7O4S/c1-5-8-22-27-18(3)23-25(33)28-24(29-32(22)23)20-17-19(9-10-21(20)36-6-2)37(34,35)26-11-7-12-31-15-13-30(4)14-16-31/h9-10,17,26H,5-8,11-16H2,1-4H3,(H,28,29,33). The number of imidazole rings is 1. The van der Waals surface area contributed by atoms with Gasteiger partial charge in [0.2, 0.25) is 10.0 Å². The van der Waals surface area contributed by atoms with Crippen LogP contribution in [0.2, 0.25) is 0 Å². The molecule has 1 saturated heterocycles. The van der Waals surface area contributed by atoms with E-state index in [4.69, 9.17) is 4.74 Å². The molecule has 0 aliphatic carbocycles. The number of hydrogen-bond donors (Lipinski definition) is 2. The first-order chi connectivity index (χ1) is 17.7. The molecule has 0 amide bonds. The number of benzene rings is 1. The molecule has 202 valence electrons. The molecular weight excluding hydrogens is 494 g/mol. The normalized spacial score (nSPS) is 15.5. The highest BCUT2D eigenvalue weighted by Gasteiger charge is 2.21. The Hall–Kier alpha value is -2.80. The van der Waals surface area contributed by atoms with Crippen LogP contribution in [0.4, 0.5) is 0 Å². The smallest absolute Gasteiger partial charge is 0.277 e. The molecule has 1 aliphatic heterocycles. The van der Waals surface area contributed by atoms with Crippen molar-refractivity contribution in [3.05, 3.63) is 40.1 Å². The zero-order chi connectivity index (χ0) is 26.6. The number of aryl methyl sites for hydroxylation is 2. The molecule has 2 aromatic heterocycles. The van der Waals surface area contributed by atoms with E-state index in [2.05, 4.69) is 36.6 Å². The van der Waals surface area contributed by atoms with Gasteiger partial charge in [0, 0.05) is 39.1 Å². The van der Waals surface area contributed by atoms with Crippen molar-refractivity contribution in [3.63, 3.8) is 0 Å². The minimum absolute atomic E-state index is 0.0869. The van der Waals surface area contributed by atoms with E-state index in [-0.39, 0.29) is 16.3 Å². The fourth-order valence-corrected chi connectivity index (χ4v) is 5.65. The summed E-state index contributed by atoms with van der Waals surface area (Å²) >= 11 is 0. The van der Waals surface area contributed by atoms with Gasteiger partial charge in [-0.1, -0.05) is 6.92 Å². The molecule has 37 heavy (non-hydrogen) atoms. The Morgan fingerprint density at radius 1 is 1.16 bits per heavy atom. The molecule has 1 fully saturated rings. The molecule has 4 rings (SSSR count). The third kappa shape index (κ3) is 6.20. The molecule has 11 nitrogen and oxygen atoms in total. The van der Waals surface area contributed by atoms with Crippen LogP contribution in [0.5, 0.6) is 5.75 Å². The predicted molar refractivity (Wildman–Crippen MR) is 143 cm³/mol. The van der Waals surface area contributed by atoms with Crippen LogP contribution in [0, 0.1) is 6.92 Å². The number of rotatable bonds is 11. The second-order valence-electron chi connectivity index (χ2n) is 9.41. The van der Waals surface area contributed by atoms with Gasteiger partial charge < -0.3 is 19.5 Å². The summed E-state index contributed by atoms with van der Waals surface area (Å²) in [5.74, 6) is 1.35. The van der Waals surface area contributed by atoms with E-state index in [1.54, 1.807) is 17.5 Å². The molecule has 1 aromatic carbocycles. The number of ether oxygens (including phenoxy) is 1. The van der Waals surface area contributed by atoms with Crippen molar-refractivity contribution in [2.45, 2.75) is 44.9 Å². The maximum atomic E-state index is 13.1. The van der Waals surface area contributed by atoms with E-state index in [9.17, 15) is 13.2 Å². The summed E-state index contributed by atoms with van der Waals surface area (Å²) < 4.78 is 36.3. The van der Waals surface area contributed by atoms with Gasteiger partial charge in [-0.05, 0) is 58.5 Å².